The lowest BCUT2D eigenvalue weighted by molar-refractivity contribution is 0.603. The minimum atomic E-state index is -0.435. The summed E-state index contributed by atoms with van der Waals surface area (Å²) in [7, 11) is 0. The van der Waals surface area contributed by atoms with E-state index in [1.807, 2.05) is 38.1 Å². The molecule has 1 aromatic heterocycles. The molecule has 0 saturated heterocycles. The maximum absolute atomic E-state index is 12.1. The van der Waals surface area contributed by atoms with Crippen molar-refractivity contribution in [1.29, 1.82) is 0 Å². The number of aromatic nitrogens is 2. The Hall–Kier alpha value is -2.30. The first kappa shape index (κ1) is 13.1. The predicted molar refractivity (Wildman–Crippen MR) is 75.3 cm³/mol. The Morgan fingerprint density at radius 2 is 1.79 bits per heavy atom. The maximum atomic E-state index is 12.1. The van der Waals surface area contributed by atoms with Gasteiger partial charge in [0.25, 0.3) is 5.56 Å². The van der Waals surface area contributed by atoms with Crippen LogP contribution in [0.5, 0.6) is 0 Å². The molecule has 1 heterocycles. The number of nitrogen functional groups attached to an aromatic ring is 1. The first-order valence-electron chi connectivity index (χ1n) is 6.18. The van der Waals surface area contributed by atoms with E-state index in [1.54, 1.807) is 0 Å². The van der Waals surface area contributed by atoms with Gasteiger partial charge in [-0.2, -0.15) is 0 Å². The molecular formula is C14H17N3O2. The summed E-state index contributed by atoms with van der Waals surface area (Å²) in [4.78, 5) is 24.1. The van der Waals surface area contributed by atoms with Crippen molar-refractivity contribution in [2.75, 3.05) is 5.73 Å². The monoisotopic (exact) mass is 259 g/mol. The first-order chi connectivity index (χ1) is 9.02. The van der Waals surface area contributed by atoms with Gasteiger partial charge in [-0.25, -0.2) is 4.79 Å². The van der Waals surface area contributed by atoms with Gasteiger partial charge in [-0.05, 0) is 19.4 Å². The molecule has 5 nitrogen and oxygen atoms in total. The summed E-state index contributed by atoms with van der Waals surface area (Å²) in [5.41, 5.74) is 7.01. The van der Waals surface area contributed by atoms with E-state index in [2.05, 4.69) is 0 Å². The number of rotatable bonds is 3. The van der Waals surface area contributed by atoms with Crippen molar-refractivity contribution in [3.05, 3.63) is 62.4 Å². The van der Waals surface area contributed by atoms with E-state index < -0.39 is 5.56 Å². The lowest BCUT2D eigenvalue weighted by Gasteiger charge is -2.10. The molecule has 1 aromatic carbocycles. The van der Waals surface area contributed by atoms with Crippen LogP contribution in [0.25, 0.3) is 0 Å². The van der Waals surface area contributed by atoms with E-state index in [0.717, 1.165) is 11.1 Å². The molecule has 0 fully saturated rings. The van der Waals surface area contributed by atoms with E-state index in [-0.39, 0.29) is 17.9 Å². The van der Waals surface area contributed by atoms with Crippen molar-refractivity contribution in [3.63, 3.8) is 0 Å². The highest BCUT2D eigenvalue weighted by molar-refractivity contribution is 5.31. The Kier molecular flexibility index (Phi) is 3.55. The van der Waals surface area contributed by atoms with Crippen LogP contribution in [0.15, 0.2) is 40.1 Å². The standard InChI is InChI=1S/C14H17N3O2/c1-3-16-9-12(15)13(18)17(14(16)19)8-11-6-4-10(2)5-7-11/h4-7,9H,3,8,15H2,1-2H3. The summed E-state index contributed by atoms with van der Waals surface area (Å²) < 4.78 is 2.61. The van der Waals surface area contributed by atoms with E-state index in [4.69, 9.17) is 5.73 Å². The average molecular weight is 259 g/mol. The summed E-state index contributed by atoms with van der Waals surface area (Å²) in [5.74, 6) is 0. The van der Waals surface area contributed by atoms with Gasteiger partial charge in [-0.15, -0.1) is 0 Å². The number of nitrogens with zero attached hydrogens (tertiary/aromatic N) is 2. The molecule has 0 saturated carbocycles. The van der Waals surface area contributed by atoms with E-state index in [1.165, 1.54) is 15.3 Å². The lowest BCUT2D eigenvalue weighted by atomic mass is 10.1. The summed E-state index contributed by atoms with van der Waals surface area (Å²) in [6.07, 6.45) is 1.40. The van der Waals surface area contributed by atoms with Crippen LogP contribution in [0.1, 0.15) is 18.1 Å². The average Bonchev–Trinajstić information content (AvgIpc) is 2.41. The zero-order chi connectivity index (χ0) is 14.0. The molecule has 19 heavy (non-hydrogen) atoms. The van der Waals surface area contributed by atoms with Gasteiger partial charge in [-0.3, -0.25) is 13.9 Å². The van der Waals surface area contributed by atoms with Crippen molar-refractivity contribution in [1.82, 2.24) is 9.13 Å². The van der Waals surface area contributed by atoms with Crippen molar-refractivity contribution >= 4 is 5.69 Å². The molecule has 0 atom stereocenters. The molecule has 2 aromatic rings. The van der Waals surface area contributed by atoms with Crippen LogP contribution in [0.4, 0.5) is 5.69 Å². The third-order valence-corrected chi connectivity index (χ3v) is 3.07. The number of aryl methyl sites for hydroxylation is 2. The summed E-state index contributed by atoms with van der Waals surface area (Å²) in [6.45, 7) is 4.54. The second-order valence-electron chi connectivity index (χ2n) is 4.53. The molecule has 0 aliphatic rings. The van der Waals surface area contributed by atoms with Crippen molar-refractivity contribution in [3.8, 4) is 0 Å². The number of nitrogens with two attached hydrogens (primary N) is 1. The third-order valence-electron chi connectivity index (χ3n) is 3.07. The third kappa shape index (κ3) is 2.59. The number of hydrogen-bond acceptors (Lipinski definition) is 3. The van der Waals surface area contributed by atoms with Gasteiger partial charge < -0.3 is 5.73 Å². The van der Waals surface area contributed by atoms with Gasteiger partial charge in [0.1, 0.15) is 5.69 Å². The zero-order valence-electron chi connectivity index (χ0n) is 11.1. The molecule has 2 rings (SSSR count). The number of anilines is 1. The van der Waals surface area contributed by atoms with Gasteiger partial charge in [0.05, 0.1) is 6.54 Å². The second-order valence-corrected chi connectivity index (χ2v) is 4.53. The molecule has 0 aliphatic carbocycles. The van der Waals surface area contributed by atoms with Crippen LogP contribution in [0, 0.1) is 6.92 Å². The van der Waals surface area contributed by atoms with Crippen LogP contribution in [0.3, 0.4) is 0 Å². The van der Waals surface area contributed by atoms with Crippen molar-refractivity contribution in [2.45, 2.75) is 26.9 Å². The largest absolute Gasteiger partial charge is 0.393 e. The molecular weight excluding hydrogens is 242 g/mol. The fraction of sp³-hybridized carbons (Fsp3) is 0.286. The predicted octanol–water partition coefficient (Wildman–Crippen LogP) is 0.969. The number of benzene rings is 1. The van der Waals surface area contributed by atoms with Crippen LogP contribution in [-0.2, 0) is 13.1 Å². The van der Waals surface area contributed by atoms with Crippen LogP contribution < -0.4 is 17.0 Å². The highest BCUT2D eigenvalue weighted by Gasteiger charge is 2.08. The lowest BCUT2D eigenvalue weighted by Crippen LogP contribution is -2.40. The Bertz CT molecular complexity index is 696. The molecule has 0 amide bonds. The first-order valence-corrected chi connectivity index (χ1v) is 6.18. The maximum Gasteiger partial charge on any atom is 0.331 e. The Morgan fingerprint density at radius 3 is 2.37 bits per heavy atom. The Labute approximate surface area is 110 Å². The molecule has 100 valence electrons. The zero-order valence-corrected chi connectivity index (χ0v) is 11.1. The highest BCUT2D eigenvalue weighted by atomic mass is 16.2. The van der Waals surface area contributed by atoms with Gasteiger partial charge in [0.2, 0.25) is 0 Å². The van der Waals surface area contributed by atoms with E-state index in [9.17, 15) is 9.59 Å². The molecule has 0 bridgehead atoms. The van der Waals surface area contributed by atoms with E-state index in [0.29, 0.717) is 6.54 Å². The highest BCUT2D eigenvalue weighted by Crippen LogP contribution is 2.03. The van der Waals surface area contributed by atoms with Crippen molar-refractivity contribution < 1.29 is 0 Å². The fourth-order valence-corrected chi connectivity index (χ4v) is 1.92. The van der Waals surface area contributed by atoms with E-state index >= 15 is 0 Å². The second kappa shape index (κ2) is 5.14. The smallest absolute Gasteiger partial charge is 0.331 e. The quantitative estimate of drug-likeness (QED) is 0.892. The molecule has 0 unspecified atom stereocenters. The SMILES string of the molecule is CCn1cc(N)c(=O)n(Cc2ccc(C)cc2)c1=O. The van der Waals surface area contributed by atoms with Gasteiger partial charge in [0, 0.05) is 12.7 Å². The summed E-state index contributed by atoms with van der Waals surface area (Å²) >= 11 is 0. The minimum absolute atomic E-state index is 0.0913. The Morgan fingerprint density at radius 1 is 1.16 bits per heavy atom. The molecule has 2 N–H and O–H groups in total. The topological polar surface area (TPSA) is 70.0 Å². The van der Waals surface area contributed by atoms with Crippen LogP contribution in [-0.4, -0.2) is 9.13 Å². The molecule has 0 spiro atoms. The normalized spacial score (nSPS) is 10.6. The van der Waals surface area contributed by atoms with Gasteiger partial charge in [-0.1, -0.05) is 29.8 Å². The summed E-state index contributed by atoms with van der Waals surface area (Å²) in [6, 6.07) is 7.71. The summed E-state index contributed by atoms with van der Waals surface area (Å²) in [5, 5.41) is 0. The molecule has 0 radical (unpaired) electrons. The van der Waals surface area contributed by atoms with Gasteiger partial charge in [0.15, 0.2) is 0 Å². The molecule has 0 aliphatic heterocycles. The van der Waals surface area contributed by atoms with Crippen LogP contribution >= 0.6 is 0 Å². The minimum Gasteiger partial charge on any atom is -0.393 e. The fourth-order valence-electron chi connectivity index (χ4n) is 1.92. The van der Waals surface area contributed by atoms with Crippen LogP contribution in [0.2, 0.25) is 0 Å². The van der Waals surface area contributed by atoms with Crippen molar-refractivity contribution in [2.24, 2.45) is 0 Å². The number of hydrogen-bond donors (Lipinski definition) is 1. The molecule has 5 heteroatoms. The van der Waals surface area contributed by atoms with Gasteiger partial charge >= 0.3 is 5.69 Å². The Balaban J connectivity index is 2.50.